The van der Waals surface area contributed by atoms with E-state index < -0.39 is 6.10 Å². The molecule has 1 aromatic rings. The van der Waals surface area contributed by atoms with Crippen LogP contribution in [0, 0.1) is 11.7 Å². The van der Waals surface area contributed by atoms with Gasteiger partial charge >= 0.3 is 0 Å². The fraction of sp³-hybridized carbons (Fsp3) is 0.667. The summed E-state index contributed by atoms with van der Waals surface area (Å²) in [7, 11) is 1.74. The Bertz CT molecular complexity index is 413. The van der Waals surface area contributed by atoms with Crippen molar-refractivity contribution in [2.24, 2.45) is 5.92 Å². The minimum Gasteiger partial charge on any atom is -0.386 e. The van der Waals surface area contributed by atoms with Crippen LogP contribution in [0.15, 0.2) is 18.3 Å². The number of pyridine rings is 1. The smallest absolute Gasteiger partial charge is 0.141 e. The van der Waals surface area contributed by atoms with Gasteiger partial charge in [-0.25, -0.2) is 4.39 Å². The van der Waals surface area contributed by atoms with Crippen LogP contribution in [0.25, 0.3) is 0 Å². The molecule has 0 bridgehead atoms. The molecule has 1 aromatic heterocycles. The second-order valence-electron chi connectivity index (χ2n) is 5.58. The molecule has 1 aliphatic heterocycles. The van der Waals surface area contributed by atoms with Crippen LogP contribution in [0.5, 0.6) is 0 Å². The first kappa shape index (κ1) is 15.4. The molecule has 20 heavy (non-hydrogen) atoms. The van der Waals surface area contributed by atoms with E-state index in [0.717, 1.165) is 38.7 Å². The van der Waals surface area contributed by atoms with Gasteiger partial charge in [0.1, 0.15) is 5.82 Å². The van der Waals surface area contributed by atoms with Crippen molar-refractivity contribution in [2.45, 2.75) is 32.0 Å². The predicted molar refractivity (Wildman–Crippen MR) is 74.8 cm³/mol. The van der Waals surface area contributed by atoms with E-state index in [0.29, 0.717) is 5.69 Å². The number of hydrogen-bond acceptors (Lipinski definition) is 4. The molecular weight excluding hydrogens is 259 g/mol. The number of ether oxygens (including phenoxy) is 1. The Hall–Kier alpha value is -1.04. The average molecular weight is 282 g/mol. The summed E-state index contributed by atoms with van der Waals surface area (Å²) in [5.41, 5.74) is 0.527. The zero-order valence-electron chi connectivity index (χ0n) is 12.1. The average Bonchev–Trinajstić information content (AvgIpc) is 2.47. The van der Waals surface area contributed by atoms with Crippen molar-refractivity contribution in [3.05, 3.63) is 29.8 Å². The van der Waals surface area contributed by atoms with Gasteiger partial charge in [-0.2, -0.15) is 0 Å². The Morgan fingerprint density at radius 1 is 1.55 bits per heavy atom. The Morgan fingerprint density at radius 2 is 2.35 bits per heavy atom. The van der Waals surface area contributed by atoms with Crippen LogP contribution in [0.4, 0.5) is 4.39 Å². The van der Waals surface area contributed by atoms with E-state index >= 15 is 0 Å². The van der Waals surface area contributed by atoms with E-state index in [-0.39, 0.29) is 17.8 Å². The van der Waals surface area contributed by atoms with Gasteiger partial charge < -0.3 is 14.7 Å². The van der Waals surface area contributed by atoms with Crippen molar-refractivity contribution < 1.29 is 14.2 Å². The Balaban J connectivity index is 1.90. The van der Waals surface area contributed by atoms with E-state index in [1.807, 2.05) is 6.92 Å². The molecule has 1 saturated heterocycles. The van der Waals surface area contributed by atoms with Gasteiger partial charge in [0.2, 0.25) is 0 Å². The number of halogens is 1. The number of likely N-dealkylation sites (tertiary alicyclic amines) is 1. The van der Waals surface area contributed by atoms with Gasteiger partial charge in [-0.3, -0.25) is 4.98 Å². The Morgan fingerprint density at radius 3 is 3.00 bits per heavy atom. The molecule has 5 heteroatoms. The quantitative estimate of drug-likeness (QED) is 0.897. The monoisotopic (exact) mass is 282 g/mol. The standard InChI is InChI=1S/C15H23FN2O2/c1-11(9-18-7-3-4-13(10-18)20-2)15(19)14-6-5-12(16)8-17-14/h5-6,8,11,13,15,19H,3-4,7,9-10H2,1-2H3. The van der Waals surface area contributed by atoms with Crippen molar-refractivity contribution >= 4 is 0 Å². The van der Waals surface area contributed by atoms with E-state index in [1.165, 1.54) is 6.07 Å². The number of hydrogen-bond donors (Lipinski definition) is 1. The van der Waals surface area contributed by atoms with Crippen molar-refractivity contribution in [3.8, 4) is 0 Å². The van der Waals surface area contributed by atoms with Gasteiger partial charge in [0.15, 0.2) is 0 Å². The van der Waals surface area contributed by atoms with Crippen LogP contribution >= 0.6 is 0 Å². The SMILES string of the molecule is COC1CCCN(CC(C)C(O)c2ccc(F)cn2)C1. The molecule has 1 N–H and O–H groups in total. The van der Waals surface area contributed by atoms with Gasteiger partial charge in [-0.05, 0) is 31.5 Å². The van der Waals surface area contributed by atoms with Crippen LogP contribution in [-0.4, -0.2) is 47.8 Å². The summed E-state index contributed by atoms with van der Waals surface area (Å²) >= 11 is 0. The number of aliphatic hydroxyl groups is 1. The summed E-state index contributed by atoms with van der Waals surface area (Å²) < 4.78 is 18.2. The summed E-state index contributed by atoms with van der Waals surface area (Å²) in [5, 5.41) is 10.3. The number of aromatic nitrogens is 1. The Labute approximate surface area is 119 Å². The second kappa shape index (κ2) is 7.11. The van der Waals surface area contributed by atoms with Gasteiger partial charge in [0, 0.05) is 26.1 Å². The molecule has 0 saturated carbocycles. The molecule has 2 rings (SSSR count). The van der Waals surface area contributed by atoms with E-state index in [9.17, 15) is 9.50 Å². The topological polar surface area (TPSA) is 45.6 Å². The molecule has 112 valence electrons. The summed E-state index contributed by atoms with van der Waals surface area (Å²) in [6.45, 7) is 4.73. The zero-order valence-corrected chi connectivity index (χ0v) is 12.1. The highest BCUT2D eigenvalue weighted by atomic mass is 19.1. The van der Waals surface area contributed by atoms with Crippen molar-refractivity contribution in [2.75, 3.05) is 26.7 Å². The molecule has 4 nitrogen and oxygen atoms in total. The number of methoxy groups -OCH3 is 1. The highest BCUT2D eigenvalue weighted by molar-refractivity contribution is 5.08. The predicted octanol–water partition coefficient (Wildman–Crippen LogP) is 2.00. The second-order valence-corrected chi connectivity index (χ2v) is 5.58. The third kappa shape index (κ3) is 3.98. The molecule has 1 fully saturated rings. The molecule has 3 atom stereocenters. The summed E-state index contributed by atoms with van der Waals surface area (Å²) in [6.07, 6.45) is 2.99. The highest BCUT2D eigenvalue weighted by Gasteiger charge is 2.24. The third-order valence-electron chi connectivity index (χ3n) is 3.93. The van der Waals surface area contributed by atoms with E-state index in [1.54, 1.807) is 13.2 Å². The molecule has 1 aliphatic rings. The first-order valence-electron chi connectivity index (χ1n) is 7.15. The summed E-state index contributed by atoms with van der Waals surface area (Å²) in [5.74, 6) is -0.337. The van der Waals surface area contributed by atoms with Crippen LogP contribution in [0.2, 0.25) is 0 Å². The number of aliphatic hydroxyl groups excluding tert-OH is 1. The maximum absolute atomic E-state index is 12.8. The lowest BCUT2D eigenvalue weighted by atomic mass is 9.99. The maximum atomic E-state index is 12.8. The molecular formula is C15H23FN2O2. The van der Waals surface area contributed by atoms with E-state index in [2.05, 4.69) is 9.88 Å². The molecule has 0 spiro atoms. The zero-order chi connectivity index (χ0) is 14.5. The highest BCUT2D eigenvalue weighted by Crippen LogP contribution is 2.23. The molecule has 0 amide bonds. The van der Waals surface area contributed by atoms with Crippen molar-refractivity contribution in [3.63, 3.8) is 0 Å². The molecule has 2 heterocycles. The van der Waals surface area contributed by atoms with Crippen LogP contribution < -0.4 is 0 Å². The number of nitrogens with zero attached hydrogens (tertiary/aromatic N) is 2. The number of rotatable bonds is 5. The maximum Gasteiger partial charge on any atom is 0.141 e. The van der Waals surface area contributed by atoms with Gasteiger partial charge in [-0.1, -0.05) is 6.92 Å². The van der Waals surface area contributed by atoms with Gasteiger partial charge in [0.05, 0.1) is 24.1 Å². The minimum absolute atomic E-state index is 0.0450. The normalized spacial score (nSPS) is 23.5. The fourth-order valence-corrected chi connectivity index (χ4v) is 2.73. The van der Waals surface area contributed by atoms with Crippen molar-refractivity contribution in [1.29, 1.82) is 0 Å². The van der Waals surface area contributed by atoms with Crippen LogP contribution in [-0.2, 0) is 4.74 Å². The van der Waals surface area contributed by atoms with Gasteiger partial charge in [0.25, 0.3) is 0 Å². The molecule has 0 aromatic carbocycles. The van der Waals surface area contributed by atoms with E-state index in [4.69, 9.17) is 4.74 Å². The van der Waals surface area contributed by atoms with Crippen molar-refractivity contribution in [1.82, 2.24) is 9.88 Å². The molecule has 0 radical (unpaired) electrons. The molecule has 0 aliphatic carbocycles. The number of piperidine rings is 1. The lowest BCUT2D eigenvalue weighted by Gasteiger charge is -2.34. The molecule has 3 unspecified atom stereocenters. The van der Waals surface area contributed by atoms with Crippen LogP contribution in [0.1, 0.15) is 31.6 Å². The first-order chi connectivity index (χ1) is 9.60. The lowest BCUT2D eigenvalue weighted by molar-refractivity contribution is 0.0129. The lowest BCUT2D eigenvalue weighted by Crippen LogP contribution is -2.42. The summed E-state index contributed by atoms with van der Waals surface area (Å²) in [6, 6.07) is 2.88. The first-order valence-corrected chi connectivity index (χ1v) is 7.15. The third-order valence-corrected chi connectivity index (χ3v) is 3.93. The minimum atomic E-state index is -0.668. The van der Waals surface area contributed by atoms with Crippen LogP contribution in [0.3, 0.4) is 0 Å². The largest absolute Gasteiger partial charge is 0.386 e. The van der Waals surface area contributed by atoms with Gasteiger partial charge in [-0.15, -0.1) is 0 Å². The summed E-state index contributed by atoms with van der Waals surface area (Å²) in [4.78, 5) is 6.27. The Kier molecular flexibility index (Phi) is 5.46. The fourth-order valence-electron chi connectivity index (χ4n) is 2.73.